The van der Waals surface area contributed by atoms with Gasteiger partial charge in [0.2, 0.25) is 0 Å². The molecule has 5 rings (SSSR count). The second kappa shape index (κ2) is 10.2. The van der Waals surface area contributed by atoms with E-state index in [4.69, 9.17) is 21.9 Å². The van der Waals surface area contributed by atoms with Crippen molar-refractivity contribution in [3.05, 3.63) is 63.5 Å². The monoisotopic (exact) mass is 577 g/mol. The third-order valence-electron chi connectivity index (χ3n) is 7.65. The van der Waals surface area contributed by atoms with Gasteiger partial charge in [0.05, 0.1) is 15.6 Å². The van der Waals surface area contributed by atoms with Gasteiger partial charge >= 0.3 is 6.09 Å². The van der Waals surface area contributed by atoms with Gasteiger partial charge in [-0.05, 0) is 63.8 Å². The van der Waals surface area contributed by atoms with Crippen LogP contribution in [0, 0.1) is 0 Å². The number of ketones is 2. The minimum Gasteiger partial charge on any atom is -0.444 e. The van der Waals surface area contributed by atoms with E-state index in [2.05, 4.69) is 5.32 Å². The zero-order chi connectivity index (χ0) is 29.9. The molecule has 0 bridgehead atoms. The first kappa shape index (κ1) is 28.7. The predicted molar refractivity (Wildman–Crippen MR) is 158 cm³/mol. The van der Waals surface area contributed by atoms with Crippen LogP contribution in [0.3, 0.4) is 0 Å². The number of nitrogen functional groups attached to an aromatic ring is 1. The third kappa shape index (κ3) is 4.98. The molecule has 0 spiro atoms. The first-order valence-electron chi connectivity index (χ1n) is 13.6. The fraction of sp³-hybridized carbons (Fsp3) is 0.400. The van der Waals surface area contributed by atoms with Crippen molar-refractivity contribution in [1.82, 2.24) is 10.2 Å². The Hall–Kier alpha value is -3.80. The Kier molecular flexibility index (Phi) is 7.17. The Morgan fingerprint density at radius 2 is 1.90 bits per heavy atom. The number of rotatable bonds is 4. The number of ether oxygens (including phenoxy) is 1. The number of likely N-dealkylation sites (tertiary alicyclic amines) is 1. The highest BCUT2D eigenvalue weighted by Crippen LogP contribution is 2.49. The summed E-state index contributed by atoms with van der Waals surface area (Å²) in [5, 5.41) is 3.62. The SMILES string of the molecule is CC(=O)c1cccc([C@]2(N)C(=O)[C@H](N)c3c(C(=O)N[C@@H]4CCCN(C(=O)OC(C)(C)C)C4)sc4c(N)ccc2c34)c1. The maximum absolute atomic E-state index is 14.0. The zero-order valence-corrected chi connectivity index (χ0v) is 24.4. The van der Waals surface area contributed by atoms with Gasteiger partial charge in [0.25, 0.3) is 5.91 Å². The van der Waals surface area contributed by atoms with Crippen molar-refractivity contribution in [2.45, 2.75) is 63.8 Å². The molecule has 2 aromatic carbocycles. The first-order chi connectivity index (χ1) is 19.2. The van der Waals surface area contributed by atoms with E-state index in [1.165, 1.54) is 18.3 Å². The lowest BCUT2D eigenvalue weighted by atomic mass is 9.70. The van der Waals surface area contributed by atoms with Crippen LogP contribution in [0.2, 0.25) is 0 Å². The summed E-state index contributed by atoms with van der Waals surface area (Å²) in [6.07, 6.45) is 0.960. The molecule has 216 valence electrons. The van der Waals surface area contributed by atoms with Gasteiger partial charge < -0.3 is 32.2 Å². The van der Waals surface area contributed by atoms with E-state index in [1.54, 1.807) is 41.3 Å². The number of carbonyl (C=O) groups excluding carboxylic acids is 4. The number of piperidine rings is 1. The second-order valence-corrected chi connectivity index (χ2v) is 12.8. The molecule has 3 atom stereocenters. The maximum atomic E-state index is 14.0. The number of thiophene rings is 1. The van der Waals surface area contributed by atoms with Gasteiger partial charge in [0, 0.05) is 41.3 Å². The van der Waals surface area contributed by atoms with Crippen molar-refractivity contribution in [2.75, 3.05) is 18.8 Å². The average Bonchev–Trinajstić information content (AvgIpc) is 3.32. The van der Waals surface area contributed by atoms with E-state index in [0.29, 0.717) is 64.0 Å². The molecule has 10 nitrogen and oxygen atoms in total. The zero-order valence-electron chi connectivity index (χ0n) is 23.6. The molecular weight excluding hydrogens is 542 g/mol. The molecule has 1 fully saturated rings. The molecule has 1 aliphatic carbocycles. The molecule has 0 saturated carbocycles. The van der Waals surface area contributed by atoms with Crippen molar-refractivity contribution in [2.24, 2.45) is 11.5 Å². The van der Waals surface area contributed by atoms with Crippen LogP contribution in [0.25, 0.3) is 10.1 Å². The van der Waals surface area contributed by atoms with Crippen LogP contribution in [0.5, 0.6) is 0 Å². The van der Waals surface area contributed by atoms with E-state index >= 15 is 0 Å². The number of anilines is 1. The summed E-state index contributed by atoms with van der Waals surface area (Å²) in [5.41, 5.74) is 19.7. The lowest BCUT2D eigenvalue weighted by molar-refractivity contribution is -0.124. The van der Waals surface area contributed by atoms with Gasteiger partial charge in [-0.3, -0.25) is 14.4 Å². The van der Waals surface area contributed by atoms with Crippen LogP contribution in [0.15, 0.2) is 36.4 Å². The molecule has 1 aliphatic heterocycles. The lowest BCUT2D eigenvalue weighted by Gasteiger charge is -2.37. The largest absolute Gasteiger partial charge is 0.444 e. The minimum atomic E-state index is -1.64. The smallest absolute Gasteiger partial charge is 0.410 e. The van der Waals surface area contributed by atoms with Crippen LogP contribution in [0.4, 0.5) is 10.5 Å². The van der Waals surface area contributed by atoms with Gasteiger partial charge in [0.1, 0.15) is 11.1 Å². The second-order valence-electron chi connectivity index (χ2n) is 11.8. The number of carbonyl (C=O) groups is 4. The standard InChI is InChI=1S/C30H35N5O5S/c1-15(36)16-7-5-8-17(13-16)30(33)19-10-11-20(31)24-21(19)22(23(32)26(30)37)25(41-24)27(38)34-18-9-6-12-35(14-18)28(39)40-29(2,3)4/h5,7-8,10-11,13,18,23H,6,9,12,14,31-33H2,1-4H3,(H,34,38)/t18-,23-,30-/m1/s1. The van der Waals surface area contributed by atoms with Crippen molar-refractivity contribution in [1.29, 1.82) is 0 Å². The Morgan fingerprint density at radius 3 is 2.59 bits per heavy atom. The normalized spacial score (nSPS) is 22.5. The highest BCUT2D eigenvalue weighted by atomic mass is 32.1. The molecule has 7 N–H and O–H groups in total. The molecular formula is C30H35N5O5S. The molecule has 41 heavy (non-hydrogen) atoms. The molecule has 1 aromatic heterocycles. The molecule has 0 radical (unpaired) electrons. The van der Waals surface area contributed by atoms with Gasteiger partial charge in [0.15, 0.2) is 11.6 Å². The molecule has 0 unspecified atom stereocenters. The van der Waals surface area contributed by atoms with Gasteiger partial charge in [-0.1, -0.05) is 24.3 Å². The number of Topliss-reactive ketones (excluding diaryl/α,β-unsaturated/α-hetero) is 2. The van der Waals surface area contributed by atoms with Gasteiger partial charge in [-0.2, -0.15) is 0 Å². The van der Waals surface area contributed by atoms with Crippen molar-refractivity contribution < 1.29 is 23.9 Å². The summed E-state index contributed by atoms with van der Waals surface area (Å²) >= 11 is 1.17. The van der Waals surface area contributed by atoms with Crippen LogP contribution < -0.4 is 22.5 Å². The Balaban J connectivity index is 1.52. The quantitative estimate of drug-likeness (QED) is 0.269. The molecule has 11 heteroatoms. The van der Waals surface area contributed by atoms with Crippen LogP contribution in [0.1, 0.15) is 83.3 Å². The Bertz CT molecular complexity index is 1590. The molecule has 3 aromatic rings. The van der Waals surface area contributed by atoms with Gasteiger partial charge in [-0.25, -0.2) is 4.79 Å². The number of benzene rings is 2. The summed E-state index contributed by atoms with van der Waals surface area (Å²) in [7, 11) is 0. The van der Waals surface area contributed by atoms with Crippen LogP contribution >= 0.6 is 11.3 Å². The lowest BCUT2D eigenvalue weighted by Crippen LogP contribution is -2.53. The Labute approximate surface area is 242 Å². The Morgan fingerprint density at radius 1 is 1.17 bits per heavy atom. The number of nitrogens with one attached hydrogen (secondary N) is 1. The van der Waals surface area contributed by atoms with E-state index in [-0.39, 0.29) is 16.7 Å². The summed E-state index contributed by atoms with van der Waals surface area (Å²) in [4.78, 5) is 54.3. The fourth-order valence-electron chi connectivity index (χ4n) is 5.67. The number of nitrogens with zero attached hydrogens (tertiary/aromatic N) is 1. The third-order valence-corrected chi connectivity index (χ3v) is 8.91. The van der Waals surface area contributed by atoms with Crippen LogP contribution in [-0.2, 0) is 15.1 Å². The number of amides is 2. The van der Waals surface area contributed by atoms with Crippen molar-refractivity contribution in [3.63, 3.8) is 0 Å². The number of nitrogens with two attached hydrogens (primary N) is 3. The summed E-state index contributed by atoms with van der Waals surface area (Å²) < 4.78 is 6.12. The summed E-state index contributed by atoms with van der Waals surface area (Å²) in [6.45, 7) is 7.71. The van der Waals surface area contributed by atoms with E-state index in [9.17, 15) is 19.2 Å². The van der Waals surface area contributed by atoms with E-state index in [1.807, 2.05) is 20.8 Å². The summed E-state index contributed by atoms with van der Waals surface area (Å²) in [6, 6.07) is 8.50. The molecule has 2 aliphatic rings. The van der Waals surface area contributed by atoms with Gasteiger partial charge in [-0.15, -0.1) is 11.3 Å². The topological polar surface area (TPSA) is 171 Å². The molecule has 2 heterocycles. The number of hydrogen-bond donors (Lipinski definition) is 4. The number of hydrogen-bond acceptors (Lipinski definition) is 9. The van der Waals surface area contributed by atoms with Crippen LogP contribution in [-0.4, -0.2) is 53.2 Å². The van der Waals surface area contributed by atoms with E-state index in [0.717, 1.165) is 0 Å². The molecule has 2 amide bonds. The first-order valence-corrected chi connectivity index (χ1v) is 14.4. The average molecular weight is 578 g/mol. The summed E-state index contributed by atoms with van der Waals surface area (Å²) in [5.74, 6) is -1.04. The van der Waals surface area contributed by atoms with Crippen molar-refractivity contribution in [3.8, 4) is 0 Å². The van der Waals surface area contributed by atoms with E-state index < -0.39 is 35.0 Å². The minimum absolute atomic E-state index is 0.159. The molecule has 1 saturated heterocycles. The fourth-order valence-corrected chi connectivity index (χ4v) is 6.87. The highest BCUT2D eigenvalue weighted by Gasteiger charge is 2.49. The van der Waals surface area contributed by atoms with Crippen molar-refractivity contribution >= 4 is 50.7 Å². The predicted octanol–water partition coefficient (Wildman–Crippen LogP) is 3.60. The maximum Gasteiger partial charge on any atom is 0.410 e. The highest BCUT2D eigenvalue weighted by molar-refractivity contribution is 7.21.